The highest BCUT2D eigenvalue weighted by atomic mass is 79.9. The summed E-state index contributed by atoms with van der Waals surface area (Å²) in [5.41, 5.74) is 0. The Kier molecular flexibility index (Phi) is 4.18. The Balaban J connectivity index is 1.96. The lowest BCUT2D eigenvalue weighted by atomic mass is 9.93. The van der Waals surface area contributed by atoms with Crippen molar-refractivity contribution in [2.24, 2.45) is 5.92 Å². The maximum atomic E-state index is 4.33. The first-order valence-corrected chi connectivity index (χ1v) is 6.64. The normalized spacial score (nSPS) is 22.8. The number of pyridine rings is 1. The fraction of sp³-hybridized carbons (Fsp3) is 0.583. The Morgan fingerprint density at radius 2 is 2.50 bits per heavy atom. The SMILES string of the molecule is CC(Nc1ncccc1Br)C1CCCNC1. The van der Waals surface area contributed by atoms with Crippen molar-refractivity contribution in [1.82, 2.24) is 10.3 Å². The molecule has 2 atom stereocenters. The Labute approximate surface area is 105 Å². The Morgan fingerprint density at radius 1 is 1.62 bits per heavy atom. The molecule has 2 unspecified atom stereocenters. The van der Waals surface area contributed by atoms with Crippen molar-refractivity contribution in [3.63, 3.8) is 0 Å². The second kappa shape index (κ2) is 5.64. The zero-order valence-corrected chi connectivity index (χ0v) is 11.1. The van der Waals surface area contributed by atoms with E-state index < -0.39 is 0 Å². The van der Waals surface area contributed by atoms with Crippen molar-refractivity contribution in [2.75, 3.05) is 18.4 Å². The van der Waals surface area contributed by atoms with E-state index in [0.717, 1.165) is 23.4 Å². The van der Waals surface area contributed by atoms with Gasteiger partial charge in [-0.05, 0) is 66.8 Å². The average Bonchev–Trinajstić information content (AvgIpc) is 2.33. The van der Waals surface area contributed by atoms with Gasteiger partial charge in [0.15, 0.2) is 0 Å². The zero-order valence-electron chi connectivity index (χ0n) is 9.54. The summed E-state index contributed by atoms with van der Waals surface area (Å²) in [6.07, 6.45) is 4.39. The van der Waals surface area contributed by atoms with E-state index in [-0.39, 0.29) is 0 Å². The molecule has 0 bridgehead atoms. The molecule has 1 aromatic rings. The minimum Gasteiger partial charge on any atom is -0.366 e. The highest BCUT2D eigenvalue weighted by Crippen LogP contribution is 2.22. The van der Waals surface area contributed by atoms with Crippen LogP contribution < -0.4 is 10.6 Å². The van der Waals surface area contributed by atoms with Crippen molar-refractivity contribution >= 4 is 21.7 Å². The van der Waals surface area contributed by atoms with Crippen molar-refractivity contribution in [3.05, 3.63) is 22.8 Å². The molecule has 1 fully saturated rings. The summed E-state index contributed by atoms with van der Waals surface area (Å²) in [5.74, 6) is 1.64. The summed E-state index contributed by atoms with van der Waals surface area (Å²) in [6, 6.07) is 4.41. The van der Waals surface area contributed by atoms with E-state index >= 15 is 0 Å². The molecule has 4 heteroatoms. The topological polar surface area (TPSA) is 37.0 Å². The number of nitrogens with one attached hydrogen (secondary N) is 2. The van der Waals surface area contributed by atoms with Gasteiger partial charge in [0.1, 0.15) is 5.82 Å². The van der Waals surface area contributed by atoms with E-state index in [0.29, 0.717) is 12.0 Å². The zero-order chi connectivity index (χ0) is 11.4. The molecule has 2 rings (SSSR count). The third kappa shape index (κ3) is 2.95. The lowest BCUT2D eigenvalue weighted by Crippen LogP contribution is -2.38. The van der Waals surface area contributed by atoms with Crippen molar-refractivity contribution < 1.29 is 0 Å². The highest BCUT2D eigenvalue weighted by Gasteiger charge is 2.20. The van der Waals surface area contributed by atoms with Gasteiger partial charge in [-0.25, -0.2) is 4.98 Å². The van der Waals surface area contributed by atoms with Gasteiger partial charge < -0.3 is 10.6 Å². The van der Waals surface area contributed by atoms with E-state index in [1.165, 1.54) is 12.8 Å². The van der Waals surface area contributed by atoms with Crippen LogP contribution in [0.25, 0.3) is 0 Å². The molecule has 0 radical (unpaired) electrons. The maximum absolute atomic E-state index is 4.33. The third-order valence-electron chi connectivity index (χ3n) is 3.16. The van der Waals surface area contributed by atoms with Gasteiger partial charge in [0.2, 0.25) is 0 Å². The van der Waals surface area contributed by atoms with E-state index in [2.05, 4.69) is 38.5 Å². The number of aromatic nitrogens is 1. The standard InChI is InChI=1S/C12H18BrN3/c1-9(10-4-2-6-14-8-10)16-12-11(13)5-3-7-15-12/h3,5,7,9-10,14H,2,4,6,8H2,1H3,(H,15,16). The summed E-state index contributed by atoms with van der Waals surface area (Å²) < 4.78 is 1.03. The second-order valence-corrected chi connectivity index (χ2v) is 5.23. The largest absolute Gasteiger partial charge is 0.366 e. The Hall–Kier alpha value is -0.610. The quantitative estimate of drug-likeness (QED) is 0.896. The molecule has 88 valence electrons. The van der Waals surface area contributed by atoms with E-state index in [1.54, 1.807) is 0 Å². The lowest BCUT2D eigenvalue weighted by molar-refractivity contribution is 0.346. The number of anilines is 1. The van der Waals surface area contributed by atoms with Crippen LogP contribution in [0.5, 0.6) is 0 Å². The molecule has 0 spiro atoms. The molecule has 16 heavy (non-hydrogen) atoms. The molecule has 0 aromatic carbocycles. The molecule has 0 aliphatic carbocycles. The summed E-state index contributed by atoms with van der Waals surface area (Å²) in [4.78, 5) is 4.33. The summed E-state index contributed by atoms with van der Waals surface area (Å²) in [7, 11) is 0. The highest BCUT2D eigenvalue weighted by molar-refractivity contribution is 9.10. The number of hydrogen-bond donors (Lipinski definition) is 2. The van der Waals surface area contributed by atoms with Crippen LogP contribution in [0.3, 0.4) is 0 Å². The molecule has 0 amide bonds. The first-order chi connectivity index (χ1) is 7.77. The minimum atomic E-state index is 0.457. The Bertz CT molecular complexity index is 337. The second-order valence-electron chi connectivity index (χ2n) is 4.37. The molecule has 1 saturated heterocycles. The molecular weight excluding hydrogens is 266 g/mol. The number of hydrogen-bond acceptors (Lipinski definition) is 3. The maximum Gasteiger partial charge on any atom is 0.140 e. The Morgan fingerprint density at radius 3 is 3.19 bits per heavy atom. The van der Waals surface area contributed by atoms with Crippen LogP contribution >= 0.6 is 15.9 Å². The van der Waals surface area contributed by atoms with Crippen molar-refractivity contribution in [1.29, 1.82) is 0 Å². The molecule has 3 nitrogen and oxygen atoms in total. The van der Waals surface area contributed by atoms with Crippen LogP contribution in [-0.4, -0.2) is 24.1 Å². The van der Waals surface area contributed by atoms with Gasteiger partial charge in [0, 0.05) is 12.2 Å². The molecule has 1 aliphatic heterocycles. The van der Waals surface area contributed by atoms with Crippen LogP contribution in [0.2, 0.25) is 0 Å². The molecule has 0 saturated carbocycles. The summed E-state index contributed by atoms with van der Waals surface area (Å²) in [5, 5.41) is 6.93. The molecular formula is C12H18BrN3. The van der Waals surface area contributed by atoms with Crippen LogP contribution in [0.4, 0.5) is 5.82 Å². The third-order valence-corrected chi connectivity index (χ3v) is 3.80. The molecule has 2 heterocycles. The first-order valence-electron chi connectivity index (χ1n) is 5.85. The van der Waals surface area contributed by atoms with Crippen molar-refractivity contribution in [2.45, 2.75) is 25.8 Å². The van der Waals surface area contributed by atoms with Gasteiger partial charge in [0.25, 0.3) is 0 Å². The van der Waals surface area contributed by atoms with E-state index in [4.69, 9.17) is 0 Å². The van der Waals surface area contributed by atoms with Gasteiger partial charge >= 0.3 is 0 Å². The monoisotopic (exact) mass is 283 g/mol. The van der Waals surface area contributed by atoms with Gasteiger partial charge in [-0.1, -0.05) is 0 Å². The predicted octanol–water partition coefficient (Wildman–Crippen LogP) is 2.64. The van der Waals surface area contributed by atoms with Gasteiger partial charge in [-0.2, -0.15) is 0 Å². The average molecular weight is 284 g/mol. The van der Waals surface area contributed by atoms with E-state index in [9.17, 15) is 0 Å². The van der Waals surface area contributed by atoms with Gasteiger partial charge in [0.05, 0.1) is 4.47 Å². The number of piperidine rings is 1. The van der Waals surface area contributed by atoms with Crippen LogP contribution in [0, 0.1) is 5.92 Å². The molecule has 1 aliphatic rings. The summed E-state index contributed by atoms with van der Waals surface area (Å²) >= 11 is 3.51. The fourth-order valence-corrected chi connectivity index (χ4v) is 2.50. The van der Waals surface area contributed by atoms with Crippen LogP contribution in [-0.2, 0) is 0 Å². The molecule has 1 aromatic heterocycles. The van der Waals surface area contributed by atoms with E-state index in [1.807, 2.05) is 18.3 Å². The predicted molar refractivity (Wildman–Crippen MR) is 70.6 cm³/mol. The number of halogens is 1. The summed E-state index contributed by atoms with van der Waals surface area (Å²) in [6.45, 7) is 4.51. The number of nitrogens with zero attached hydrogens (tertiary/aromatic N) is 1. The lowest BCUT2D eigenvalue weighted by Gasteiger charge is -2.29. The van der Waals surface area contributed by atoms with Gasteiger partial charge in [-0.3, -0.25) is 0 Å². The smallest absolute Gasteiger partial charge is 0.140 e. The fourth-order valence-electron chi connectivity index (χ4n) is 2.13. The molecule has 2 N–H and O–H groups in total. The number of rotatable bonds is 3. The van der Waals surface area contributed by atoms with Crippen LogP contribution in [0.1, 0.15) is 19.8 Å². The van der Waals surface area contributed by atoms with Gasteiger partial charge in [-0.15, -0.1) is 0 Å². The first kappa shape index (κ1) is 11.9. The minimum absolute atomic E-state index is 0.457. The van der Waals surface area contributed by atoms with Crippen LogP contribution in [0.15, 0.2) is 22.8 Å². The van der Waals surface area contributed by atoms with Crippen molar-refractivity contribution in [3.8, 4) is 0 Å².